The van der Waals surface area contributed by atoms with Crippen LogP contribution in [0.1, 0.15) is 18.4 Å². The predicted octanol–water partition coefficient (Wildman–Crippen LogP) is 0.326. The molecule has 1 saturated heterocycles. The Morgan fingerprint density at radius 1 is 1.46 bits per heavy atom. The minimum absolute atomic E-state index is 0.0277. The number of methoxy groups -OCH3 is 1. The molecule has 0 spiro atoms. The molecule has 2 heterocycles. The summed E-state index contributed by atoms with van der Waals surface area (Å²) in [5.74, 6) is 0.514. The van der Waals surface area contributed by atoms with Gasteiger partial charge in [0.05, 0.1) is 17.9 Å². The number of hydrogen-bond donors (Lipinski definition) is 2. The second-order valence-corrected chi connectivity index (χ2v) is 7.66. The van der Waals surface area contributed by atoms with Crippen molar-refractivity contribution < 1.29 is 22.7 Å². The maximum Gasteiger partial charge on any atom is 0.344 e. The van der Waals surface area contributed by atoms with E-state index in [4.69, 9.17) is 15.2 Å². The summed E-state index contributed by atoms with van der Waals surface area (Å²) in [4.78, 5) is 13.8. The molecule has 1 fully saturated rings. The van der Waals surface area contributed by atoms with Crippen LogP contribution in [0.15, 0.2) is 22.6 Å². The van der Waals surface area contributed by atoms with Crippen molar-refractivity contribution in [3.63, 3.8) is 0 Å². The highest BCUT2D eigenvalue weighted by Crippen LogP contribution is 2.31. The molecule has 0 saturated carbocycles. The molecule has 3 N–H and O–H groups in total. The van der Waals surface area contributed by atoms with Crippen molar-refractivity contribution >= 4 is 27.6 Å². The summed E-state index contributed by atoms with van der Waals surface area (Å²) >= 11 is 0. The molecule has 2 aliphatic rings. The van der Waals surface area contributed by atoms with Gasteiger partial charge < -0.3 is 20.1 Å². The van der Waals surface area contributed by atoms with Crippen molar-refractivity contribution in [2.24, 2.45) is 16.0 Å². The molecular formula is C16H22N4O5S. The molecule has 26 heavy (non-hydrogen) atoms. The number of nitrogens with zero attached hydrogens (tertiary/aromatic N) is 2. The molecule has 1 aromatic carbocycles. The number of carbonyl (C=O) groups is 1. The molecule has 9 nitrogen and oxygen atoms in total. The average Bonchev–Trinajstić information content (AvgIpc) is 2.59. The molecule has 0 aromatic heterocycles. The van der Waals surface area contributed by atoms with Gasteiger partial charge in [0.25, 0.3) is 0 Å². The fourth-order valence-corrected chi connectivity index (χ4v) is 4.03. The van der Waals surface area contributed by atoms with Gasteiger partial charge in [0.2, 0.25) is 5.91 Å². The quantitative estimate of drug-likeness (QED) is 0.756. The number of carbonyl (C=O) groups excluding carboxylic acids is 1. The summed E-state index contributed by atoms with van der Waals surface area (Å²) in [6, 6.07) is 5.01. The van der Waals surface area contributed by atoms with E-state index in [1.54, 1.807) is 23.1 Å². The van der Waals surface area contributed by atoms with Crippen LogP contribution < -0.4 is 15.2 Å². The van der Waals surface area contributed by atoms with Crippen LogP contribution >= 0.6 is 0 Å². The number of benzene rings is 1. The van der Waals surface area contributed by atoms with Gasteiger partial charge in [0.15, 0.2) is 5.84 Å². The molecule has 3 rings (SSSR count). The molecule has 10 heteroatoms. The molecule has 0 bridgehead atoms. The number of ether oxygens (including phenoxy) is 2. The Balaban J connectivity index is 1.69. The minimum atomic E-state index is -3.82. The van der Waals surface area contributed by atoms with E-state index in [2.05, 4.69) is 9.12 Å². The smallest absolute Gasteiger partial charge is 0.344 e. The van der Waals surface area contributed by atoms with Gasteiger partial charge in [-0.2, -0.15) is 8.42 Å². The number of fused-ring (bicyclic) bond motifs is 1. The fraction of sp³-hybridized carbons (Fsp3) is 0.500. The topological polar surface area (TPSA) is 123 Å². The lowest BCUT2D eigenvalue weighted by atomic mass is 9.99. The van der Waals surface area contributed by atoms with Gasteiger partial charge in [0.1, 0.15) is 12.4 Å². The van der Waals surface area contributed by atoms with Crippen molar-refractivity contribution in [3.05, 3.63) is 23.8 Å². The molecule has 1 atom stereocenters. The van der Waals surface area contributed by atoms with E-state index in [1.165, 1.54) is 7.11 Å². The first-order valence-electron chi connectivity index (χ1n) is 8.30. The van der Waals surface area contributed by atoms with Gasteiger partial charge in [-0.1, -0.05) is 6.07 Å². The normalized spacial score (nSPS) is 21.3. The van der Waals surface area contributed by atoms with Crippen molar-refractivity contribution in [2.45, 2.75) is 12.8 Å². The molecule has 0 radical (unpaired) electrons. The highest BCUT2D eigenvalue weighted by molar-refractivity contribution is 7.91. The maximum absolute atomic E-state index is 12.0. The van der Waals surface area contributed by atoms with E-state index >= 15 is 0 Å². The standard InChI is InChI=1S/C16H22N4O5S/c1-24-10-14(21)20-7-3-4-11(8-20)9-25-13-6-2-5-12-15(13)16(17)19-26(22,23)18-12/h2,5-6,11,18H,3-4,7-10H2,1H3,(H2,17,19)/t11-/m0/s1. The van der Waals surface area contributed by atoms with Gasteiger partial charge in [-0.25, -0.2) is 0 Å². The summed E-state index contributed by atoms with van der Waals surface area (Å²) in [5, 5.41) is 0. The summed E-state index contributed by atoms with van der Waals surface area (Å²) in [7, 11) is -2.32. The van der Waals surface area contributed by atoms with E-state index in [0.717, 1.165) is 19.4 Å². The van der Waals surface area contributed by atoms with Crippen LogP contribution in [-0.4, -0.2) is 58.5 Å². The zero-order valence-electron chi connectivity index (χ0n) is 14.5. The van der Waals surface area contributed by atoms with E-state index in [-0.39, 0.29) is 24.3 Å². The Morgan fingerprint density at radius 2 is 2.27 bits per heavy atom. The van der Waals surface area contributed by atoms with Crippen molar-refractivity contribution in [1.82, 2.24) is 4.90 Å². The third-order valence-corrected chi connectivity index (χ3v) is 5.27. The Morgan fingerprint density at radius 3 is 3.04 bits per heavy atom. The molecule has 1 aromatic rings. The fourth-order valence-electron chi connectivity index (χ4n) is 3.19. The van der Waals surface area contributed by atoms with Crippen LogP contribution in [0.5, 0.6) is 5.75 Å². The lowest BCUT2D eigenvalue weighted by molar-refractivity contribution is -0.137. The summed E-state index contributed by atoms with van der Waals surface area (Å²) < 4.78 is 39.9. The first-order chi connectivity index (χ1) is 12.4. The summed E-state index contributed by atoms with van der Waals surface area (Å²) in [6.45, 7) is 1.80. The van der Waals surface area contributed by atoms with Gasteiger partial charge >= 0.3 is 10.2 Å². The van der Waals surface area contributed by atoms with E-state index in [9.17, 15) is 13.2 Å². The Labute approximate surface area is 152 Å². The van der Waals surface area contributed by atoms with Crippen LogP contribution in [0.3, 0.4) is 0 Å². The third kappa shape index (κ3) is 4.07. The highest BCUT2D eigenvalue weighted by Gasteiger charge is 2.27. The SMILES string of the molecule is COCC(=O)N1CCC[C@H](COc2cccc3c2C(N)=NS(=O)(=O)N3)C1. The summed E-state index contributed by atoms with van der Waals surface area (Å²) in [5.41, 5.74) is 6.59. The molecular weight excluding hydrogens is 360 g/mol. The molecule has 2 aliphatic heterocycles. The van der Waals surface area contributed by atoms with Crippen molar-refractivity contribution in [1.29, 1.82) is 0 Å². The second kappa shape index (κ2) is 7.50. The van der Waals surface area contributed by atoms with Gasteiger partial charge in [-0.05, 0) is 25.0 Å². The third-order valence-electron chi connectivity index (χ3n) is 4.35. The first kappa shape index (κ1) is 18.5. The van der Waals surface area contributed by atoms with E-state index in [0.29, 0.717) is 30.2 Å². The minimum Gasteiger partial charge on any atom is -0.492 e. The molecule has 142 valence electrons. The molecule has 0 unspecified atom stereocenters. The van der Waals surface area contributed by atoms with E-state index in [1.807, 2.05) is 0 Å². The number of nitrogens with one attached hydrogen (secondary N) is 1. The lowest BCUT2D eigenvalue weighted by Gasteiger charge is -2.32. The van der Waals surface area contributed by atoms with Gasteiger partial charge in [-0.3, -0.25) is 9.52 Å². The molecule has 0 aliphatic carbocycles. The molecule has 1 amide bonds. The number of rotatable bonds is 5. The van der Waals surface area contributed by atoms with E-state index < -0.39 is 10.2 Å². The van der Waals surface area contributed by atoms with Crippen molar-refractivity contribution in [2.75, 3.05) is 38.1 Å². The Hall–Kier alpha value is -2.33. The summed E-state index contributed by atoms with van der Waals surface area (Å²) in [6.07, 6.45) is 1.85. The highest BCUT2D eigenvalue weighted by atomic mass is 32.2. The number of piperidine rings is 1. The van der Waals surface area contributed by atoms with Crippen LogP contribution in [-0.2, 0) is 19.7 Å². The predicted molar refractivity (Wildman–Crippen MR) is 96.4 cm³/mol. The average molecular weight is 382 g/mol. The zero-order chi connectivity index (χ0) is 18.7. The maximum atomic E-state index is 12.0. The van der Waals surface area contributed by atoms with Crippen LogP contribution in [0, 0.1) is 5.92 Å². The van der Waals surface area contributed by atoms with Gasteiger partial charge in [0, 0.05) is 26.1 Å². The number of nitrogens with two attached hydrogens (primary N) is 1. The second-order valence-electron chi connectivity index (χ2n) is 6.32. The Kier molecular flexibility index (Phi) is 5.33. The number of amidine groups is 1. The monoisotopic (exact) mass is 382 g/mol. The largest absolute Gasteiger partial charge is 0.492 e. The van der Waals surface area contributed by atoms with Crippen LogP contribution in [0.2, 0.25) is 0 Å². The first-order valence-corrected chi connectivity index (χ1v) is 9.74. The number of amides is 1. The number of hydrogen-bond acceptors (Lipinski definition) is 6. The van der Waals surface area contributed by atoms with Crippen LogP contribution in [0.4, 0.5) is 5.69 Å². The van der Waals surface area contributed by atoms with Crippen molar-refractivity contribution in [3.8, 4) is 5.75 Å². The lowest BCUT2D eigenvalue weighted by Crippen LogP contribution is -2.43. The van der Waals surface area contributed by atoms with Crippen LogP contribution in [0.25, 0.3) is 0 Å². The number of likely N-dealkylation sites (tertiary alicyclic amines) is 1. The zero-order valence-corrected chi connectivity index (χ0v) is 15.3. The number of anilines is 1. The van der Waals surface area contributed by atoms with Gasteiger partial charge in [-0.15, -0.1) is 4.40 Å². The Bertz CT molecular complexity index is 824.